The zero-order valence-electron chi connectivity index (χ0n) is 8.15. The number of rotatable bonds is 3. The second-order valence-corrected chi connectivity index (χ2v) is 2.94. The van der Waals surface area contributed by atoms with Crippen molar-refractivity contribution in [3.05, 3.63) is 30.1 Å². The van der Waals surface area contributed by atoms with Crippen molar-refractivity contribution >= 4 is 11.0 Å². The largest absolute Gasteiger partial charge is 0.352 e. The molecule has 2 rings (SSSR count). The summed E-state index contributed by atoms with van der Waals surface area (Å²) >= 11 is 0. The molecule has 0 bridgehead atoms. The van der Waals surface area contributed by atoms with Gasteiger partial charge in [-0.3, -0.25) is 0 Å². The molecule has 0 amide bonds. The molecule has 0 fully saturated rings. The van der Waals surface area contributed by atoms with Crippen LogP contribution < -0.4 is 0 Å². The molecule has 2 aromatic rings. The molecule has 0 aliphatic rings. The Morgan fingerprint density at radius 1 is 1.29 bits per heavy atom. The Morgan fingerprint density at radius 3 is 2.79 bits per heavy atom. The van der Waals surface area contributed by atoms with Crippen LogP contribution in [0.25, 0.3) is 11.0 Å². The van der Waals surface area contributed by atoms with Crippen LogP contribution in [0.3, 0.4) is 0 Å². The first-order valence-corrected chi connectivity index (χ1v) is 4.34. The van der Waals surface area contributed by atoms with Crippen molar-refractivity contribution in [2.75, 3.05) is 14.2 Å². The molecule has 14 heavy (non-hydrogen) atoms. The average Bonchev–Trinajstić information content (AvgIpc) is 2.68. The van der Waals surface area contributed by atoms with Gasteiger partial charge in [0, 0.05) is 37.6 Å². The summed E-state index contributed by atoms with van der Waals surface area (Å²) < 4.78 is 10.4. The van der Waals surface area contributed by atoms with E-state index in [0.29, 0.717) is 0 Å². The Bertz CT molecular complexity index is 421. The van der Waals surface area contributed by atoms with Crippen molar-refractivity contribution < 1.29 is 9.47 Å². The van der Waals surface area contributed by atoms with Crippen LogP contribution in [0, 0.1) is 0 Å². The van der Waals surface area contributed by atoms with Crippen molar-refractivity contribution in [1.82, 2.24) is 9.97 Å². The number of ether oxygens (including phenoxy) is 2. The van der Waals surface area contributed by atoms with E-state index in [1.54, 1.807) is 20.4 Å². The van der Waals surface area contributed by atoms with Gasteiger partial charge in [0.15, 0.2) is 6.29 Å². The van der Waals surface area contributed by atoms with Gasteiger partial charge in [-0.2, -0.15) is 0 Å². The van der Waals surface area contributed by atoms with Gasteiger partial charge < -0.3 is 14.5 Å². The Kier molecular flexibility index (Phi) is 2.47. The number of hydrogen-bond acceptors (Lipinski definition) is 3. The second-order valence-electron chi connectivity index (χ2n) is 2.94. The van der Waals surface area contributed by atoms with Crippen molar-refractivity contribution in [2.45, 2.75) is 6.29 Å². The number of pyridine rings is 1. The van der Waals surface area contributed by atoms with Crippen LogP contribution in [0.1, 0.15) is 11.9 Å². The lowest BCUT2D eigenvalue weighted by Crippen LogP contribution is -2.04. The van der Waals surface area contributed by atoms with E-state index in [-0.39, 0.29) is 6.29 Å². The van der Waals surface area contributed by atoms with Crippen LogP contribution in [0.5, 0.6) is 0 Å². The van der Waals surface area contributed by atoms with Crippen molar-refractivity contribution in [2.24, 2.45) is 0 Å². The molecule has 0 aromatic carbocycles. The number of hydrogen-bond donors (Lipinski definition) is 1. The first-order valence-electron chi connectivity index (χ1n) is 4.34. The summed E-state index contributed by atoms with van der Waals surface area (Å²) in [6.07, 6.45) is 3.25. The predicted octanol–water partition coefficient (Wildman–Crippen LogP) is 1.85. The van der Waals surface area contributed by atoms with Gasteiger partial charge in [-0.1, -0.05) is 0 Å². The maximum Gasteiger partial charge on any atom is 0.183 e. The van der Waals surface area contributed by atoms with Gasteiger partial charge in [0.1, 0.15) is 5.65 Å². The molecule has 1 N–H and O–H groups in total. The number of H-pyrrole nitrogens is 1. The Balaban J connectivity index is 2.54. The molecular weight excluding hydrogens is 180 g/mol. The molecule has 0 radical (unpaired) electrons. The van der Waals surface area contributed by atoms with Crippen molar-refractivity contribution in [1.29, 1.82) is 0 Å². The molecule has 0 aliphatic heterocycles. The lowest BCUT2D eigenvalue weighted by atomic mass is 10.2. The minimum absolute atomic E-state index is 0.337. The summed E-state index contributed by atoms with van der Waals surface area (Å²) in [5.41, 5.74) is 1.84. The molecule has 2 heterocycles. The summed E-state index contributed by atoms with van der Waals surface area (Å²) in [4.78, 5) is 7.23. The summed E-state index contributed by atoms with van der Waals surface area (Å²) in [6, 6.07) is 3.86. The lowest BCUT2D eigenvalue weighted by Gasteiger charge is -2.13. The van der Waals surface area contributed by atoms with Crippen LogP contribution in [0.15, 0.2) is 24.5 Å². The monoisotopic (exact) mass is 192 g/mol. The van der Waals surface area contributed by atoms with E-state index in [1.165, 1.54) is 0 Å². The average molecular weight is 192 g/mol. The van der Waals surface area contributed by atoms with Gasteiger partial charge in [0.25, 0.3) is 0 Å². The quantitative estimate of drug-likeness (QED) is 0.755. The molecule has 2 aromatic heterocycles. The van der Waals surface area contributed by atoms with Gasteiger partial charge in [-0.05, 0) is 12.1 Å². The first-order chi connectivity index (χ1) is 6.86. The van der Waals surface area contributed by atoms with Crippen LogP contribution in [-0.2, 0) is 9.47 Å². The van der Waals surface area contributed by atoms with Gasteiger partial charge in [0.2, 0.25) is 0 Å². The van der Waals surface area contributed by atoms with Crippen LogP contribution in [0.4, 0.5) is 0 Å². The summed E-state index contributed by atoms with van der Waals surface area (Å²) in [5.74, 6) is 0. The Labute approximate surface area is 81.9 Å². The molecular formula is C10H12N2O2. The maximum atomic E-state index is 5.20. The highest BCUT2D eigenvalue weighted by Crippen LogP contribution is 2.24. The van der Waals surface area contributed by atoms with E-state index in [2.05, 4.69) is 9.97 Å². The Morgan fingerprint density at radius 2 is 2.07 bits per heavy atom. The molecule has 0 saturated heterocycles. The summed E-state index contributed by atoms with van der Waals surface area (Å²) in [7, 11) is 3.24. The fourth-order valence-corrected chi connectivity index (χ4v) is 1.54. The molecule has 0 unspecified atom stereocenters. The number of methoxy groups -OCH3 is 2. The van der Waals surface area contributed by atoms with Crippen LogP contribution in [-0.4, -0.2) is 24.2 Å². The zero-order valence-corrected chi connectivity index (χ0v) is 8.15. The minimum atomic E-state index is -0.337. The van der Waals surface area contributed by atoms with Gasteiger partial charge in [0.05, 0.1) is 0 Å². The second kappa shape index (κ2) is 3.77. The topological polar surface area (TPSA) is 47.1 Å². The van der Waals surface area contributed by atoms with Gasteiger partial charge in [-0.25, -0.2) is 4.98 Å². The molecule has 0 saturated carbocycles. The first kappa shape index (κ1) is 9.18. The van der Waals surface area contributed by atoms with Crippen LogP contribution in [0.2, 0.25) is 0 Å². The predicted molar refractivity (Wildman–Crippen MR) is 52.9 cm³/mol. The smallest absolute Gasteiger partial charge is 0.183 e. The van der Waals surface area contributed by atoms with Gasteiger partial charge in [-0.15, -0.1) is 0 Å². The SMILES string of the molecule is COC(OC)c1ccnc2[nH]ccc12. The van der Waals surface area contributed by atoms with E-state index in [1.807, 2.05) is 18.3 Å². The summed E-state index contributed by atoms with van der Waals surface area (Å²) in [6.45, 7) is 0. The summed E-state index contributed by atoms with van der Waals surface area (Å²) in [5, 5.41) is 1.03. The molecule has 0 spiro atoms. The fraction of sp³-hybridized carbons (Fsp3) is 0.300. The van der Waals surface area contributed by atoms with E-state index >= 15 is 0 Å². The number of fused-ring (bicyclic) bond motifs is 1. The van der Waals surface area contributed by atoms with E-state index in [9.17, 15) is 0 Å². The van der Waals surface area contributed by atoms with E-state index in [0.717, 1.165) is 16.6 Å². The highest BCUT2D eigenvalue weighted by atomic mass is 16.7. The molecule has 0 aliphatic carbocycles. The third-order valence-corrected chi connectivity index (χ3v) is 2.18. The number of nitrogens with zero attached hydrogens (tertiary/aromatic N) is 1. The Hall–Kier alpha value is -1.39. The molecule has 4 nitrogen and oxygen atoms in total. The standard InChI is InChI=1S/C10H12N2O2/c1-13-10(14-2)8-4-6-12-9-7(8)3-5-11-9/h3-6,10H,1-2H3,(H,11,12). The number of nitrogens with one attached hydrogen (secondary N) is 1. The molecule has 4 heteroatoms. The lowest BCUT2D eigenvalue weighted by molar-refractivity contribution is -0.105. The molecule has 0 atom stereocenters. The zero-order chi connectivity index (χ0) is 9.97. The highest BCUT2D eigenvalue weighted by molar-refractivity contribution is 5.79. The van der Waals surface area contributed by atoms with Crippen molar-refractivity contribution in [3.8, 4) is 0 Å². The minimum Gasteiger partial charge on any atom is -0.352 e. The normalized spacial score (nSPS) is 11.4. The van der Waals surface area contributed by atoms with Gasteiger partial charge >= 0.3 is 0 Å². The van der Waals surface area contributed by atoms with E-state index in [4.69, 9.17) is 9.47 Å². The van der Waals surface area contributed by atoms with Crippen LogP contribution >= 0.6 is 0 Å². The fourth-order valence-electron chi connectivity index (χ4n) is 1.54. The molecule has 74 valence electrons. The third-order valence-electron chi connectivity index (χ3n) is 2.18. The van der Waals surface area contributed by atoms with Crippen molar-refractivity contribution in [3.63, 3.8) is 0 Å². The van der Waals surface area contributed by atoms with E-state index < -0.39 is 0 Å². The maximum absolute atomic E-state index is 5.20. The number of aromatic amines is 1. The third kappa shape index (κ3) is 1.38. The number of aromatic nitrogens is 2. The highest BCUT2D eigenvalue weighted by Gasteiger charge is 2.12.